The van der Waals surface area contributed by atoms with Crippen LogP contribution >= 0.6 is 0 Å². The molecule has 1 aromatic carbocycles. The first-order valence-corrected chi connectivity index (χ1v) is 6.17. The third-order valence-corrected chi connectivity index (χ3v) is 3.03. The van der Waals surface area contributed by atoms with E-state index in [1.807, 2.05) is 6.08 Å². The minimum Gasteiger partial charge on any atom is -0.349 e. The van der Waals surface area contributed by atoms with E-state index in [0.717, 1.165) is 22.5 Å². The molecule has 0 saturated heterocycles. The van der Waals surface area contributed by atoms with Crippen LogP contribution in [0.2, 0.25) is 0 Å². The van der Waals surface area contributed by atoms with E-state index in [1.54, 1.807) is 31.5 Å². The maximum absolute atomic E-state index is 13.0. The minimum absolute atomic E-state index is 0.272. The van der Waals surface area contributed by atoms with Crippen molar-refractivity contribution in [3.05, 3.63) is 47.9 Å². The lowest BCUT2D eigenvalue weighted by Gasteiger charge is -2.27. The zero-order valence-electron chi connectivity index (χ0n) is 10.9. The summed E-state index contributed by atoms with van der Waals surface area (Å²) in [4.78, 5) is 4.12. The van der Waals surface area contributed by atoms with Crippen molar-refractivity contribution in [2.45, 2.75) is 12.7 Å². The Morgan fingerprint density at radius 2 is 2.00 bits per heavy atom. The van der Waals surface area contributed by atoms with E-state index in [1.165, 1.54) is 12.1 Å². The molecule has 4 N–H and O–H groups in total. The molecule has 1 atom stereocenters. The maximum Gasteiger partial charge on any atom is 0.179 e. The quantitative estimate of drug-likeness (QED) is 0.780. The summed E-state index contributed by atoms with van der Waals surface area (Å²) in [6.45, 7) is 1.77. The van der Waals surface area contributed by atoms with Gasteiger partial charge in [-0.25, -0.2) is 4.39 Å². The van der Waals surface area contributed by atoms with Crippen LogP contribution in [0.4, 0.5) is 4.39 Å². The summed E-state index contributed by atoms with van der Waals surface area (Å²) in [7, 11) is 0. The molecule has 3 rings (SSSR count). The Morgan fingerprint density at radius 3 is 2.70 bits per heavy atom. The number of aromatic amines is 1. The minimum atomic E-state index is -0.846. The number of aliphatic imine (C=N–C) groups is 1. The number of hydrogen-bond acceptors (Lipinski definition) is 4. The highest BCUT2D eigenvalue weighted by atomic mass is 19.1. The molecule has 0 saturated carbocycles. The van der Waals surface area contributed by atoms with Crippen LogP contribution in [0.3, 0.4) is 0 Å². The summed E-state index contributed by atoms with van der Waals surface area (Å²) < 4.78 is 13.0. The molecule has 0 aliphatic carbocycles. The van der Waals surface area contributed by atoms with Crippen molar-refractivity contribution < 1.29 is 4.39 Å². The van der Waals surface area contributed by atoms with Gasteiger partial charge >= 0.3 is 0 Å². The fraction of sp³-hybridized carbons (Fsp3) is 0.143. The predicted molar refractivity (Wildman–Crippen MR) is 76.2 cm³/mol. The molecule has 20 heavy (non-hydrogen) atoms. The van der Waals surface area contributed by atoms with E-state index in [2.05, 4.69) is 20.5 Å². The van der Waals surface area contributed by atoms with E-state index in [4.69, 9.17) is 5.73 Å². The average Bonchev–Trinajstić information content (AvgIpc) is 2.87. The van der Waals surface area contributed by atoms with Crippen molar-refractivity contribution in [2.24, 2.45) is 10.7 Å². The van der Waals surface area contributed by atoms with Gasteiger partial charge in [-0.2, -0.15) is 5.10 Å². The number of nitrogens with one attached hydrogen (secondary N) is 2. The van der Waals surface area contributed by atoms with Crippen LogP contribution in [0.5, 0.6) is 0 Å². The fourth-order valence-corrected chi connectivity index (χ4v) is 2.10. The SMILES string of the molecule is CC1(N)N=CC=C(c2cn[nH]c2-c2ccc(F)cc2)N1. The lowest BCUT2D eigenvalue weighted by Crippen LogP contribution is -2.49. The maximum atomic E-state index is 13.0. The number of nitrogens with zero attached hydrogens (tertiary/aromatic N) is 2. The Balaban J connectivity index is 2.01. The Kier molecular flexibility index (Phi) is 2.87. The van der Waals surface area contributed by atoms with Crippen LogP contribution in [-0.2, 0) is 0 Å². The second kappa shape index (κ2) is 4.57. The Bertz CT molecular complexity index is 682. The third kappa shape index (κ3) is 2.33. The largest absolute Gasteiger partial charge is 0.349 e. The topological polar surface area (TPSA) is 79.1 Å². The molecule has 102 valence electrons. The molecular weight excluding hydrogens is 257 g/mol. The molecule has 1 aliphatic heterocycles. The van der Waals surface area contributed by atoms with E-state index in [0.29, 0.717) is 0 Å². The highest BCUT2D eigenvalue weighted by Gasteiger charge is 2.22. The van der Waals surface area contributed by atoms with Gasteiger partial charge in [0.05, 0.1) is 11.9 Å². The van der Waals surface area contributed by atoms with Crippen molar-refractivity contribution >= 4 is 11.9 Å². The second-order valence-corrected chi connectivity index (χ2v) is 4.80. The number of nitrogens with two attached hydrogens (primary N) is 1. The normalized spacial score (nSPS) is 21.4. The van der Waals surface area contributed by atoms with Gasteiger partial charge in [-0.05, 0) is 37.3 Å². The van der Waals surface area contributed by atoms with Crippen molar-refractivity contribution in [3.63, 3.8) is 0 Å². The highest BCUT2D eigenvalue weighted by Crippen LogP contribution is 2.27. The number of rotatable bonds is 2. The van der Waals surface area contributed by atoms with Crippen LogP contribution < -0.4 is 11.1 Å². The third-order valence-electron chi connectivity index (χ3n) is 3.03. The summed E-state index contributed by atoms with van der Waals surface area (Å²) in [6, 6.07) is 6.23. The number of allylic oxidation sites excluding steroid dienone is 1. The number of H-pyrrole nitrogens is 1. The highest BCUT2D eigenvalue weighted by molar-refractivity contribution is 5.89. The van der Waals surface area contributed by atoms with E-state index >= 15 is 0 Å². The van der Waals surface area contributed by atoms with Crippen molar-refractivity contribution in [1.29, 1.82) is 0 Å². The molecule has 0 amide bonds. The van der Waals surface area contributed by atoms with E-state index < -0.39 is 5.79 Å². The van der Waals surface area contributed by atoms with E-state index in [-0.39, 0.29) is 5.82 Å². The van der Waals surface area contributed by atoms with Crippen LogP contribution in [0.1, 0.15) is 12.5 Å². The van der Waals surface area contributed by atoms with Gasteiger partial charge in [0.2, 0.25) is 0 Å². The van der Waals surface area contributed by atoms with Crippen LogP contribution in [0, 0.1) is 5.82 Å². The zero-order chi connectivity index (χ0) is 14.2. The molecule has 1 unspecified atom stereocenters. The summed E-state index contributed by atoms with van der Waals surface area (Å²) in [5, 5.41) is 10.1. The van der Waals surface area contributed by atoms with Crippen molar-refractivity contribution in [2.75, 3.05) is 0 Å². The molecule has 0 radical (unpaired) electrons. The van der Waals surface area contributed by atoms with Gasteiger partial charge in [0.25, 0.3) is 0 Å². The monoisotopic (exact) mass is 271 g/mol. The molecule has 2 heterocycles. The number of halogens is 1. The first-order chi connectivity index (χ1) is 9.55. The molecule has 6 heteroatoms. The van der Waals surface area contributed by atoms with Gasteiger partial charge in [0.15, 0.2) is 5.79 Å². The second-order valence-electron chi connectivity index (χ2n) is 4.80. The lowest BCUT2D eigenvalue weighted by atomic mass is 10.0. The van der Waals surface area contributed by atoms with Crippen LogP contribution in [-0.4, -0.2) is 22.2 Å². The van der Waals surface area contributed by atoms with Gasteiger partial charge < -0.3 is 5.32 Å². The van der Waals surface area contributed by atoms with Gasteiger partial charge in [-0.3, -0.25) is 15.8 Å². The Hall–Kier alpha value is -2.47. The summed E-state index contributed by atoms with van der Waals surface area (Å²) in [5.41, 5.74) is 9.28. The van der Waals surface area contributed by atoms with Gasteiger partial charge in [0.1, 0.15) is 5.82 Å². The van der Waals surface area contributed by atoms with E-state index in [9.17, 15) is 4.39 Å². The average molecular weight is 271 g/mol. The summed E-state index contributed by atoms with van der Waals surface area (Å²) >= 11 is 0. The standard InChI is InChI=1S/C14H14FN5/c1-14(16)17-7-6-12(19-14)11-8-18-20-13(11)9-2-4-10(15)5-3-9/h2-8,19H,16H2,1H3,(H,18,20). The van der Waals surface area contributed by atoms with Gasteiger partial charge in [-0.15, -0.1) is 0 Å². The molecule has 1 aliphatic rings. The molecule has 0 spiro atoms. The smallest absolute Gasteiger partial charge is 0.179 e. The number of hydrogen-bond donors (Lipinski definition) is 3. The molecule has 0 bridgehead atoms. The number of benzene rings is 1. The van der Waals surface area contributed by atoms with Crippen molar-refractivity contribution in [3.8, 4) is 11.3 Å². The molecule has 1 aromatic heterocycles. The van der Waals surface area contributed by atoms with Gasteiger partial charge in [-0.1, -0.05) is 0 Å². The van der Waals surface area contributed by atoms with Crippen LogP contribution in [0.25, 0.3) is 17.0 Å². The molecular formula is C14H14FN5. The molecule has 2 aromatic rings. The molecule has 5 nitrogen and oxygen atoms in total. The fourth-order valence-electron chi connectivity index (χ4n) is 2.10. The first-order valence-electron chi connectivity index (χ1n) is 6.17. The van der Waals surface area contributed by atoms with Crippen LogP contribution in [0.15, 0.2) is 41.5 Å². The summed E-state index contributed by atoms with van der Waals surface area (Å²) in [6.07, 6.45) is 5.19. The zero-order valence-corrected chi connectivity index (χ0v) is 10.9. The Morgan fingerprint density at radius 1 is 1.25 bits per heavy atom. The lowest BCUT2D eigenvalue weighted by molar-refractivity contribution is 0.448. The predicted octanol–water partition coefficient (Wildman–Crippen LogP) is 1.86. The Labute approximate surface area is 115 Å². The van der Waals surface area contributed by atoms with Gasteiger partial charge in [0, 0.05) is 23.0 Å². The summed E-state index contributed by atoms with van der Waals surface area (Å²) in [5.74, 6) is -1.12. The number of aromatic nitrogens is 2. The first kappa shape index (κ1) is 12.6. The molecule has 0 fully saturated rings. The van der Waals surface area contributed by atoms with Crippen molar-refractivity contribution in [1.82, 2.24) is 15.5 Å².